The van der Waals surface area contributed by atoms with E-state index >= 15 is 0 Å². The molecule has 0 bridgehead atoms. The first-order chi connectivity index (χ1) is 14.9. The van der Waals surface area contributed by atoms with Crippen LogP contribution < -0.4 is 5.32 Å². The molecule has 3 amide bonds. The number of imide groups is 1. The monoisotopic (exact) mass is 420 g/mol. The Morgan fingerprint density at radius 1 is 1.00 bits per heavy atom. The van der Waals surface area contributed by atoms with Crippen molar-refractivity contribution in [2.24, 2.45) is 0 Å². The fraction of sp³-hybridized carbons (Fsp3) is 0.250. The first-order valence-electron chi connectivity index (χ1n) is 10.1. The number of hydrogen-bond acceptors (Lipinski definition) is 4. The molecular weight excluding hydrogens is 396 g/mol. The Morgan fingerprint density at radius 2 is 1.58 bits per heavy atom. The van der Waals surface area contributed by atoms with Crippen molar-refractivity contribution in [1.29, 1.82) is 0 Å². The summed E-state index contributed by atoms with van der Waals surface area (Å²) in [5.41, 5.74) is 1.22. The van der Waals surface area contributed by atoms with E-state index in [2.05, 4.69) is 11.9 Å². The number of carboxylic acid groups (broad SMARTS) is 1. The van der Waals surface area contributed by atoms with Crippen molar-refractivity contribution >= 4 is 23.7 Å². The quantitative estimate of drug-likeness (QED) is 0.349. The highest BCUT2D eigenvalue weighted by atomic mass is 16.4. The molecule has 0 aliphatic carbocycles. The first-order valence-corrected chi connectivity index (χ1v) is 10.1. The summed E-state index contributed by atoms with van der Waals surface area (Å²) >= 11 is 0. The summed E-state index contributed by atoms with van der Waals surface area (Å²) in [5.74, 6) is -2.96. The lowest BCUT2D eigenvalue weighted by Gasteiger charge is -2.27. The summed E-state index contributed by atoms with van der Waals surface area (Å²) in [5, 5.41) is 12.0. The van der Waals surface area contributed by atoms with Gasteiger partial charge in [0.15, 0.2) is 0 Å². The summed E-state index contributed by atoms with van der Waals surface area (Å²) < 4.78 is 0. The van der Waals surface area contributed by atoms with Crippen LogP contribution in [0.5, 0.6) is 0 Å². The number of nitrogens with one attached hydrogen (secondary N) is 1. The van der Waals surface area contributed by atoms with E-state index in [1.165, 1.54) is 0 Å². The van der Waals surface area contributed by atoms with Crippen molar-refractivity contribution in [1.82, 2.24) is 10.2 Å². The molecule has 2 N–H and O–H groups in total. The Balaban J connectivity index is 1.89. The number of amides is 3. The maximum absolute atomic E-state index is 13.2. The number of carboxylic acids is 1. The van der Waals surface area contributed by atoms with Gasteiger partial charge in [0.25, 0.3) is 11.8 Å². The molecule has 7 heteroatoms. The second-order valence-electron chi connectivity index (χ2n) is 7.35. The summed E-state index contributed by atoms with van der Waals surface area (Å²) in [6.07, 6.45) is 3.13. The second-order valence-corrected chi connectivity index (χ2v) is 7.35. The Hall–Kier alpha value is -3.74. The van der Waals surface area contributed by atoms with Crippen LogP contribution in [0.2, 0.25) is 0 Å². The van der Waals surface area contributed by atoms with Gasteiger partial charge in [-0.1, -0.05) is 48.5 Å². The SMILES string of the molecule is C=CCCCC(NC(=O)C(Cc1ccccc1)N1C(=O)c2ccccc2C1=O)C(=O)O. The minimum absolute atomic E-state index is 0.0805. The number of fused-ring (bicyclic) bond motifs is 1. The number of aliphatic carboxylic acids is 1. The molecule has 1 heterocycles. The van der Waals surface area contributed by atoms with Crippen molar-refractivity contribution in [3.8, 4) is 0 Å². The molecule has 7 nitrogen and oxygen atoms in total. The van der Waals surface area contributed by atoms with Gasteiger partial charge in [-0.3, -0.25) is 19.3 Å². The lowest BCUT2D eigenvalue weighted by atomic mass is 10.0. The largest absolute Gasteiger partial charge is 0.480 e. The van der Waals surface area contributed by atoms with E-state index in [0.29, 0.717) is 12.8 Å². The van der Waals surface area contributed by atoms with Crippen LogP contribution >= 0.6 is 0 Å². The number of rotatable bonds is 10. The third kappa shape index (κ3) is 4.88. The number of carbonyl (C=O) groups excluding carboxylic acids is 3. The van der Waals surface area contributed by atoms with E-state index in [-0.39, 0.29) is 24.0 Å². The molecule has 2 aromatic carbocycles. The van der Waals surface area contributed by atoms with Gasteiger partial charge in [-0.05, 0) is 37.0 Å². The van der Waals surface area contributed by atoms with Gasteiger partial charge in [0.05, 0.1) is 11.1 Å². The molecule has 2 aromatic rings. The smallest absolute Gasteiger partial charge is 0.326 e. The molecule has 31 heavy (non-hydrogen) atoms. The Bertz CT molecular complexity index is 967. The van der Waals surface area contributed by atoms with Crippen LogP contribution in [0.3, 0.4) is 0 Å². The summed E-state index contributed by atoms with van der Waals surface area (Å²) in [4.78, 5) is 51.7. The van der Waals surface area contributed by atoms with Crippen LogP contribution in [0.4, 0.5) is 0 Å². The second kappa shape index (κ2) is 9.84. The van der Waals surface area contributed by atoms with Gasteiger partial charge in [-0.2, -0.15) is 0 Å². The van der Waals surface area contributed by atoms with Crippen molar-refractivity contribution < 1.29 is 24.3 Å². The van der Waals surface area contributed by atoms with Gasteiger partial charge in [-0.15, -0.1) is 6.58 Å². The van der Waals surface area contributed by atoms with Crippen LogP contribution in [0.15, 0.2) is 67.3 Å². The van der Waals surface area contributed by atoms with Gasteiger partial charge in [0, 0.05) is 6.42 Å². The zero-order valence-electron chi connectivity index (χ0n) is 17.0. The van der Waals surface area contributed by atoms with E-state index < -0.39 is 35.8 Å². The Morgan fingerprint density at radius 3 is 2.13 bits per heavy atom. The van der Waals surface area contributed by atoms with E-state index in [0.717, 1.165) is 10.5 Å². The third-order valence-corrected chi connectivity index (χ3v) is 5.23. The average molecular weight is 420 g/mol. The fourth-order valence-corrected chi connectivity index (χ4v) is 3.62. The summed E-state index contributed by atoms with van der Waals surface area (Å²) in [6, 6.07) is 13.1. The number of hydrogen-bond donors (Lipinski definition) is 2. The van der Waals surface area contributed by atoms with Crippen LogP contribution in [0.25, 0.3) is 0 Å². The number of benzene rings is 2. The normalized spacial score (nSPS) is 14.6. The predicted molar refractivity (Wildman–Crippen MR) is 114 cm³/mol. The average Bonchev–Trinajstić information content (AvgIpc) is 3.02. The van der Waals surface area contributed by atoms with Gasteiger partial charge in [0.1, 0.15) is 12.1 Å². The molecular formula is C24H24N2O5. The van der Waals surface area contributed by atoms with Crippen molar-refractivity contribution in [2.75, 3.05) is 0 Å². The summed E-state index contributed by atoms with van der Waals surface area (Å²) in [6.45, 7) is 3.61. The molecule has 2 atom stereocenters. The van der Waals surface area contributed by atoms with Gasteiger partial charge in [-0.25, -0.2) is 4.79 Å². The number of carbonyl (C=O) groups is 4. The highest BCUT2D eigenvalue weighted by molar-refractivity contribution is 6.22. The molecule has 0 saturated heterocycles. The molecule has 0 saturated carbocycles. The zero-order chi connectivity index (χ0) is 22.4. The van der Waals surface area contributed by atoms with Gasteiger partial charge >= 0.3 is 5.97 Å². The molecule has 0 spiro atoms. The predicted octanol–water partition coefficient (Wildman–Crippen LogP) is 2.82. The molecule has 1 aliphatic rings. The van der Waals surface area contributed by atoms with Crippen molar-refractivity contribution in [3.05, 3.63) is 83.9 Å². The Kier molecular flexibility index (Phi) is 6.97. The Labute approximate surface area is 180 Å². The molecule has 3 rings (SSSR count). The van der Waals surface area contributed by atoms with Crippen LogP contribution in [-0.2, 0) is 16.0 Å². The number of unbranched alkanes of at least 4 members (excludes halogenated alkanes) is 1. The van der Waals surface area contributed by atoms with Gasteiger partial charge < -0.3 is 10.4 Å². The molecule has 0 radical (unpaired) electrons. The molecule has 0 aromatic heterocycles. The minimum atomic E-state index is -1.17. The maximum atomic E-state index is 13.2. The topological polar surface area (TPSA) is 104 Å². The molecule has 0 fully saturated rings. The zero-order valence-corrected chi connectivity index (χ0v) is 17.0. The molecule has 2 unspecified atom stereocenters. The minimum Gasteiger partial charge on any atom is -0.480 e. The third-order valence-electron chi connectivity index (χ3n) is 5.23. The van der Waals surface area contributed by atoms with Gasteiger partial charge in [0.2, 0.25) is 5.91 Å². The maximum Gasteiger partial charge on any atom is 0.326 e. The summed E-state index contributed by atoms with van der Waals surface area (Å²) in [7, 11) is 0. The van der Waals surface area contributed by atoms with Crippen LogP contribution in [0, 0.1) is 0 Å². The molecule has 1 aliphatic heterocycles. The lowest BCUT2D eigenvalue weighted by molar-refractivity contribution is -0.142. The highest BCUT2D eigenvalue weighted by Gasteiger charge is 2.43. The standard InChI is InChI=1S/C24H24N2O5/c1-2-3-5-14-19(24(30)31)25-21(27)20(15-16-10-6-4-7-11-16)26-22(28)17-12-8-9-13-18(17)23(26)29/h2,4,6-13,19-20H,1,3,5,14-15H2,(H,25,27)(H,30,31). The van der Waals surface area contributed by atoms with Crippen LogP contribution in [-0.4, -0.2) is 45.8 Å². The van der Waals surface area contributed by atoms with E-state index in [4.69, 9.17) is 0 Å². The first kappa shape index (κ1) is 22.0. The van der Waals surface area contributed by atoms with E-state index in [1.807, 2.05) is 6.07 Å². The number of nitrogens with zero attached hydrogens (tertiary/aromatic N) is 1. The van der Waals surface area contributed by atoms with Crippen molar-refractivity contribution in [3.63, 3.8) is 0 Å². The molecule has 160 valence electrons. The number of allylic oxidation sites excluding steroid dienone is 1. The van der Waals surface area contributed by atoms with E-state index in [9.17, 15) is 24.3 Å². The van der Waals surface area contributed by atoms with Crippen molar-refractivity contribution in [2.45, 2.75) is 37.8 Å². The highest BCUT2D eigenvalue weighted by Crippen LogP contribution is 2.26. The van der Waals surface area contributed by atoms with E-state index in [1.54, 1.807) is 54.6 Å². The fourth-order valence-electron chi connectivity index (χ4n) is 3.62. The lowest BCUT2D eigenvalue weighted by Crippen LogP contribution is -2.54. The van der Waals surface area contributed by atoms with Crippen LogP contribution in [0.1, 0.15) is 45.5 Å².